The van der Waals surface area contributed by atoms with E-state index in [1.54, 1.807) is 0 Å². The fraction of sp³-hybridized carbons (Fsp3) is 0.400. The van der Waals surface area contributed by atoms with E-state index in [0.29, 0.717) is 12.1 Å². The van der Waals surface area contributed by atoms with E-state index in [-0.39, 0.29) is 48.0 Å². The third-order valence-corrected chi connectivity index (χ3v) is 11.4. The summed E-state index contributed by atoms with van der Waals surface area (Å²) in [7, 11) is 4.90. The molecule has 0 fully saturated rings. The fourth-order valence-electron chi connectivity index (χ4n) is 8.87. The van der Waals surface area contributed by atoms with E-state index in [1.165, 1.54) is 83.5 Å². The van der Waals surface area contributed by atoms with Gasteiger partial charge in [0.2, 0.25) is 0 Å². The number of quaternary nitrogens is 2. The molecule has 4 nitrogen and oxygen atoms in total. The lowest BCUT2D eigenvalue weighted by molar-refractivity contribution is -0.937. The summed E-state index contributed by atoms with van der Waals surface area (Å²) in [5, 5.41) is 0. The fourth-order valence-corrected chi connectivity index (χ4v) is 8.87. The zero-order valence-electron chi connectivity index (χ0n) is 27.2. The molecule has 0 aliphatic carbocycles. The van der Waals surface area contributed by atoms with Crippen molar-refractivity contribution in [3.63, 3.8) is 0 Å². The highest BCUT2D eigenvalue weighted by Crippen LogP contribution is 2.46. The minimum absolute atomic E-state index is 0. The van der Waals surface area contributed by atoms with Gasteiger partial charge in [-0.05, 0) is 71.5 Å². The number of nitrogens with zero attached hydrogens (tertiary/aromatic N) is 2. The summed E-state index contributed by atoms with van der Waals surface area (Å²) >= 11 is 0. The van der Waals surface area contributed by atoms with Crippen LogP contribution in [0.25, 0.3) is 0 Å². The summed E-state index contributed by atoms with van der Waals surface area (Å²) in [6.45, 7) is 6.29. The van der Waals surface area contributed by atoms with E-state index < -0.39 is 0 Å². The highest BCUT2D eigenvalue weighted by Gasteiger charge is 2.45. The van der Waals surface area contributed by atoms with E-state index in [4.69, 9.17) is 9.47 Å². The number of likely N-dealkylation sites (N-methyl/N-ethyl adjacent to an activating group) is 2. The van der Waals surface area contributed by atoms with Crippen molar-refractivity contribution in [2.75, 3.05) is 53.5 Å². The van der Waals surface area contributed by atoms with Gasteiger partial charge in [0.05, 0.1) is 53.5 Å². The van der Waals surface area contributed by atoms with Gasteiger partial charge in [0, 0.05) is 47.9 Å². The Labute approximate surface area is 309 Å². The quantitative estimate of drug-likeness (QED) is 0.159. The van der Waals surface area contributed by atoms with Gasteiger partial charge < -0.3 is 66.4 Å². The minimum atomic E-state index is 0. The summed E-state index contributed by atoms with van der Waals surface area (Å²) in [4.78, 5) is 0. The molecule has 0 aromatic heterocycles. The molecule has 4 atom stereocenters. The number of rotatable bonds is 7. The molecule has 4 unspecified atom stereocenters. The van der Waals surface area contributed by atoms with Gasteiger partial charge in [0.25, 0.3) is 0 Å². The van der Waals surface area contributed by atoms with Crippen molar-refractivity contribution in [3.05, 3.63) is 129 Å². The molecule has 8 rings (SSSR count). The molecular formula is C40H46I2N2O2. The van der Waals surface area contributed by atoms with Crippen LogP contribution in [0.3, 0.4) is 0 Å². The van der Waals surface area contributed by atoms with Crippen molar-refractivity contribution in [3.8, 4) is 11.5 Å². The predicted octanol–water partition coefficient (Wildman–Crippen LogP) is 1.23. The van der Waals surface area contributed by atoms with Crippen LogP contribution < -0.4 is 57.4 Å². The zero-order valence-corrected chi connectivity index (χ0v) is 31.5. The molecule has 0 radical (unpaired) electrons. The molecular weight excluding hydrogens is 794 g/mol. The standard InChI is InChI=1S/C40H46N2O2.2HI/c1-41-21-17-29-9-3-5-11-35(29)39(41)37-15-13-33(27-31(37)19-23-41)43-25-7-8-26-44-34-14-16-38-32(28-34)20-24-42(2)22-18-30-10-4-6-12-36(30)40(38)42;;/h3-6,9-16,27-28,39-40H,7-8,17-26H2,1-2H3;2*1H/q+2;;/p-2. The molecule has 4 aromatic carbocycles. The lowest BCUT2D eigenvalue weighted by atomic mass is 9.81. The van der Waals surface area contributed by atoms with Crippen molar-refractivity contribution < 1.29 is 66.4 Å². The maximum Gasteiger partial charge on any atom is 0.141 e. The number of hydrogen-bond donors (Lipinski definition) is 0. The van der Waals surface area contributed by atoms with Crippen molar-refractivity contribution in [1.29, 1.82) is 0 Å². The Hall–Kier alpha value is -2.14. The largest absolute Gasteiger partial charge is 1.00 e. The number of benzene rings is 4. The number of fused-ring (bicyclic) bond motifs is 10. The van der Waals surface area contributed by atoms with Crippen LogP contribution in [0.1, 0.15) is 69.4 Å². The molecule has 4 aromatic rings. The number of ether oxygens (including phenoxy) is 2. The summed E-state index contributed by atoms with van der Waals surface area (Å²) in [5.74, 6) is 2.02. The van der Waals surface area contributed by atoms with Crippen LogP contribution in [-0.2, 0) is 25.7 Å². The van der Waals surface area contributed by atoms with Crippen molar-refractivity contribution in [2.45, 2.75) is 50.6 Å². The first-order valence-electron chi connectivity index (χ1n) is 16.9. The second-order valence-electron chi connectivity index (χ2n) is 14.2. The first kappa shape index (κ1) is 33.7. The van der Waals surface area contributed by atoms with Crippen molar-refractivity contribution >= 4 is 0 Å². The average molecular weight is 841 g/mol. The molecule has 0 spiro atoms. The Bertz CT molecular complexity index is 1580. The van der Waals surface area contributed by atoms with Gasteiger partial charge in [-0.2, -0.15) is 0 Å². The predicted molar refractivity (Wildman–Crippen MR) is 176 cm³/mol. The SMILES string of the molecule is C[N+]12CCc3ccccc3C1c1ccc(OCCCCOc3ccc4c(c3)CC[N+]3(C)CCc5ccccc5C43)cc1CC2.[I-].[I-]. The smallest absolute Gasteiger partial charge is 0.141 e. The van der Waals surface area contributed by atoms with Gasteiger partial charge in [-0.25, -0.2) is 0 Å². The van der Waals surface area contributed by atoms with Gasteiger partial charge >= 0.3 is 0 Å². The second kappa shape index (κ2) is 13.8. The van der Waals surface area contributed by atoms with E-state index in [9.17, 15) is 0 Å². The van der Waals surface area contributed by atoms with Gasteiger partial charge in [-0.1, -0.05) is 48.5 Å². The molecule has 0 bridgehead atoms. The van der Waals surface area contributed by atoms with Gasteiger partial charge in [0.15, 0.2) is 0 Å². The van der Waals surface area contributed by atoms with Gasteiger partial charge in [0.1, 0.15) is 23.6 Å². The monoisotopic (exact) mass is 840 g/mol. The van der Waals surface area contributed by atoms with Gasteiger partial charge in [-0.3, -0.25) is 0 Å². The molecule has 0 saturated carbocycles. The summed E-state index contributed by atoms with van der Waals surface area (Å²) < 4.78 is 14.8. The summed E-state index contributed by atoms with van der Waals surface area (Å²) in [6, 6.07) is 32.8. The molecule has 0 amide bonds. The first-order chi connectivity index (χ1) is 21.5. The lowest BCUT2D eigenvalue weighted by Crippen LogP contribution is -3.00. The van der Waals surface area contributed by atoms with Crippen LogP contribution in [0.4, 0.5) is 0 Å². The zero-order chi connectivity index (χ0) is 29.7. The number of halogens is 2. The average Bonchev–Trinajstić information content (AvgIpc) is 3.05. The molecule has 4 aliphatic heterocycles. The van der Waals surface area contributed by atoms with Crippen LogP contribution in [0.5, 0.6) is 11.5 Å². The maximum absolute atomic E-state index is 6.26. The van der Waals surface area contributed by atoms with E-state index in [0.717, 1.165) is 59.4 Å². The Morgan fingerprint density at radius 1 is 0.500 bits per heavy atom. The normalized spacial score (nSPS) is 25.1. The molecule has 4 heterocycles. The summed E-state index contributed by atoms with van der Waals surface area (Å²) in [5.41, 5.74) is 12.0. The first-order valence-corrected chi connectivity index (χ1v) is 16.9. The van der Waals surface area contributed by atoms with Crippen molar-refractivity contribution in [2.24, 2.45) is 0 Å². The van der Waals surface area contributed by atoms with Crippen LogP contribution in [-0.4, -0.2) is 62.5 Å². The topological polar surface area (TPSA) is 18.5 Å². The van der Waals surface area contributed by atoms with Crippen LogP contribution in [0.2, 0.25) is 0 Å². The molecule has 6 heteroatoms. The maximum atomic E-state index is 6.26. The van der Waals surface area contributed by atoms with Crippen LogP contribution in [0.15, 0.2) is 84.9 Å². The number of hydrogen-bond acceptors (Lipinski definition) is 2. The Morgan fingerprint density at radius 2 is 0.870 bits per heavy atom. The minimum Gasteiger partial charge on any atom is -1.00 e. The molecule has 242 valence electrons. The third kappa shape index (κ3) is 6.12. The molecule has 0 N–H and O–H groups in total. The Balaban J connectivity index is 0.00000186. The summed E-state index contributed by atoms with van der Waals surface area (Å²) in [6.07, 6.45) is 6.60. The molecule has 4 aliphatic rings. The lowest BCUT2D eigenvalue weighted by Gasteiger charge is -2.49. The van der Waals surface area contributed by atoms with E-state index in [1.807, 2.05) is 0 Å². The highest BCUT2D eigenvalue weighted by molar-refractivity contribution is 5.46. The van der Waals surface area contributed by atoms with Crippen LogP contribution >= 0.6 is 0 Å². The van der Waals surface area contributed by atoms with Crippen molar-refractivity contribution in [1.82, 2.24) is 0 Å². The molecule has 46 heavy (non-hydrogen) atoms. The molecule has 0 saturated heterocycles. The Morgan fingerprint density at radius 3 is 1.30 bits per heavy atom. The third-order valence-electron chi connectivity index (χ3n) is 11.4. The van der Waals surface area contributed by atoms with E-state index in [2.05, 4.69) is 99.0 Å². The highest BCUT2D eigenvalue weighted by atomic mass is 127. The van der Waals surface area contributed by atoms with Gasteiger partial charge in [-0.15, -0.1) is 0 Å². The van der Waals surface area contributed by atoms with E-state index >= 15 is 0 Å². The second-order valence-corrected chi connectivity index (χ2v) is 14.2. The Kier molecular flexibility index (Phi) is 10.1. The number of unbranched alkanes of at least 4 members (excludes halogenated alkanes) is 1. The van der Waals surface area contributed by atoms with Crippen LogP contribution in [0, 0.1) is 0 Å².